The SMILES string of the molecule is C=C1CCCC[C@H]2[C@@H]3CC[C@@H](C3)[C@@H]12. The van der Waals surface area contributed by atoms with Crippen molar-refractivity contribution in [1.82, 2.24) is 0 Å². The molecule has 3 fully saturated rings. The van der Waals surface area contributed by atoms with E-state index in [0.29, 0.717) is 0 Å². The standard InChI is InChI=1S/C13H20/c1-9-4-2-3-5-12-10-6-7-11(8-10)13(9)12/h10-13H,1-8H2/t10-,11+,12+,13-/m1/s1. The molecule has 0 nitrogen and oxygen atoms in total. The first-order valence-corrected chi connectivity index (χ1v) is 6.04. The second-order valence-corrected chi connectivity index (χ2v) is 5.43. The maximum Gasteiger partial charge on any atom is -0.0146 e. The van der Waals surface area contributed by atoms with E-state index >= 15 is 0 Å². The van der Waals surface area contributed by atoms with Gasteiger partial charge in [0.25, 0.3) is 0 Å². The monoisotopic (exact) mass is 176 g/mol. The van der Waals surface area contributed by atoms with Crippen molar-refractivity contribution in [3.63, 3.8) is 0 Å². The van der Waals surface area contributed by atoms with Crippen LogP contribution in [0.25, 0.3) is 0 Å². The summed E-state index contributed by atoms with van der Waals surface area (Å²) in [7, 11) is 0. The van der Waals surface area contributed by atoms with Crippen LogP contribution in [0.2, 0.25) is 0 Å². The molecule has 0 amide bonds. The molecule has 0 heterocycles. The van der Waals surface area contributed by atoms with Gasteiger partial charge in [-0.05, 0) is 62.2 Å². The van der Waals surface area contributed by atoms with E-state index in [9.17, 15) is 0 Å². The highest BCUT2D eigenvalue weighted by Crippen LogP contribution is 2.57. The number of hydrogen-bond donors (Lipinski definition) is 0. The molecule has 0 unspecified atom stereocenters. The summed E-state index contributed by atoms with van der Waals surface area (Å²) in [4.78, 5) is 0. The van der Waals surface area contributed by atoms with Gasteiger partial charge in [0.2, 0.25) is 0 Å². The lowest BCUT2D eigenvalue weighted by Crippen LogP contribution is -2.22. The summed E-state index contributed by atoms with van der Waals surface area (Å²) in [6, 6.07) is 0. The third kappa shape index (κ3) is 1.11. The first-order chi connectivity index (χ1) is 6.36. The Bertz CT molecular complexity index is 228. The lowest BCUT2D eigenvalue weighted by atomic mass is 9.75. The minimum Gasteiger partial charge on any atom is -0.0996 e. The topological polar surface area (TPSA) is 0 Å². The molecule has 0 heteroatoms. The van der Waals surface area contributed by atoms with Crippen LogP contribution < -0.4 is 0 Å². The summed E-state index contributed by atoms with van der Waals surface area (Å²) in [5, 5.41) is 0. The summed E-state index contributed by atoms with van der Waals surface area (Å²) in [6.45, 7) is 4.34. The summed E-state index contributed by atoms with van der Waals surface area (Å²) in [6.07, 6.45) is 10.4. The third-order valence-electron chi connectivity index (χ3n) is 4.85. The van der Waals surface area contributed by atoms with Gasteiger partial charge in [-0.2, -0.15) is 0 Å². The van der Waals surface area contributed by atoms with Gasteiger partial charge >= 0.3 is 0 Å². The average Bonchev–Trinajstić information content (AvgIpc) is 2.66. The number of rotatable bonds is 0. The van der Waals surface area contributed by atoms with Gasteiger partial charge in [-0.1, -0.05) is 18.6 Å². The predicted molar refractivity (Wildman–Crippen MR) is 55.4 cm³/mol. The molecule has 2 bridgehead atoms. The zero-order chi connectivity index (χ0) is 8.84. The highest BCUT2D eigenvalue weighted by atomic mass is 14.5. The minimum absolute atomic E-state index is 0.959. The highest BCUT2D eigenvalue weighted by molar-refractivity contribution is 5.13. The fourth-order valence-corrected chi connectivity index (χ4v) is 4.36. The summed E-state index contributed by atoms with van der Waals surface area (Å²) < 4.78 is 0. The molecule has 3 saturated carbocycles. The average molecular weight is 176 g/mol. The zero-order valence-electron chi connectivity index (χ0n) is 8.47. The Morgan fingerprint density at radius 1 is 1.00 bits per heavy atom. The molecule has 0 radical (unpaired) electrons. The van der Waals surface area contributed by atoms with Crippen LogP contribution in [-0.2, 0) is 0 Å². The van der Waals surface area contributed by atoms with E-state index in [4.69, 9.17) is 0 Å². The second-order valence-electron chi connectivity index (χ2n) is 5.43. The molecule has 3 aliphatic rings. The number of hydrogen-bond acceptors (Lipinski definition) is 0. The third-order valence-corrected chi connectivity index (χ3v) is 4.85. The molecule has 72 valence electrons. The molecule has 0 saturated heterocycles. The van der Waals surface area contributed by atoms with Gasteiger partial charge in [-0.15, -0.1) is 0 Å². The first-order valence-electron chi connectivity index (χ1n) is 6.04. The lowest BCUT2D eigenvalue weighted by molar-refractivity contribution is 0.246. The Labute approximate surface area is 81.4 Å². The molecule has 0 aromatic carbocycles. The van der Waals surface area contributed by atoms with Crippen molar-refractivity contribution in [2.75, 3.05) is 0 Å². The first kappa shape index (κ1) is 8.08. The molecule has 0 aromatic rings. The van der Waals surface area contributed by atoms with Gasteiger partial charge in [0.15, 0.2) is 0 Å². The van der Waals surface area contributed by atoms with E-state index in [2.05, 4.69) is 6.58 Å². The fourth-order valence-electron chi connectivity index (χ4n) is 4.36. The van der Waals surface area contributed by atoms with Crippen LogP contribution in [0.15, 0.2) is 12.2 Å². The Kier molecular flexibility index (Phi) is 1.78. The van der Waals surface area contributed by atoms with Crippen molar-refractivity contribution >= 4 is 0 Å². The van der Waals surface area contributed by atoms with Crippen LogP contribution >= 0.6 is 0 Å². The molecule has 0 aliphatic heterocycles. The van der Waals surface area contributed by atoms with Crippen molar-refractivity contribution in [3.05, 3.63) is 12.2 Å². The zero-order valence-corrected chi connectivity index (χ0v) is 8.47. The van der Waals surface area contributed by atoms with Gasteiger partial charge in [-0.3, -0.25) is 0 Å². The molecule has 0 N–H and O–H groups in total. The predicted octanol–water partition coefficient (Wildman–Crippen LogP) is 3.78. The quantitative estimate of drug-likeness (QED) is 0.493. The summed E-state index contributed by atoms with van der Waals surface area (Å²) in [5.41, 5.74) is 1.62. The largest absolute Gasteiger partial charge is 0.0996 e. The summed E-state index contributed by atoms with van der Waals surface area (Å²) >= 11 is 0. The van der Waals surface area contributed by atoms with E-state index in [-0.39, 0.29) is 0 Å². The van der Waals surface area contributed by atoms with Crippen LogP contribution in [0.1, 0.15) is 44.9 Å². The van der Waals surface area contributed by atoms with Crippen molar-refractivity contribution in [2.45, 2.75) is 44.9 Å². The molecule has 4 atom stereocenters. The lowest BCUT2D eigenvalue weighted by Gasteiger charge is -2.30. The Morgan fingerprint density at radius 2 is 1.85 bits per heavy atom. The molecular weight excluding hydrogens is 156 g/mol. The normalized spacial score (nSPS) is 49.1. The number of fused-ring (bicyclic) bond motifs is 5. The van der Waals surface area contributed by atoms with Crippen molar-refractivity contribution in [2.24, 2.45) is 23.7 Å². The van der Waals surface area contributed by atoms with E-state index < -0.39 is 0 Å². The maximum absolute atomic E-state index is 4.34. The Balaban J connectivity index is 1.89. The van der Waals surface area contributed by atoms with Gasteiger partial charge in [0.1, 0.15) is 0 Å². The fraction of sp³-hybridized carbons (Fsp3) is 0.846. The van der Waals surface area contributed by atoms with Crippen LogP contribution in [0.3, 0.4) is 0 Å². The van der Waals surface area contributed by atoms with Crippen LogP contribution in [0.4, 0.5) is 0 Å². The molecule has 0 spiro atoms. The number of allylic oxidation sites excluding steroid dienone is 1. The Hall–Kier alpha value is -0.260. The maximum atomic E-state index is 4.34. The smallest absolute Gasteiger partial charge is 0.0146 e. The van der Waals surface area contributed by atoms with Gasteiger partial charge in [-0.25, -0.2) is 0 Å². The molecular formula is C13H20. The van der Waals surface area contributed by atoms with Crippen LogP contribution in [0.5, 0.6) is 0 Å². The van der Waals surface area contributed by atoms with Gasteiger partial charge < -0.3 is 0 Å². The van der Waals surface area contributed by atoms with Crippen molar-refractivity contribution in [3.8, 4) is 0 Å². The van der Waals surface area contributed by atoms with E-state index in [1.54, 1.807) is 18.4 Å². The van der Waals surface area contributed by atoms with Crippen molar-refractivity contribution < 1.29 is 0 Å². The Morgan fingerprint density at radius 3 is 2.77 bits per heavy atom. The van der Waals surface area contributed by atoms with Gasteiger partial charge in [0.05, 0.1) is 0 Å². The molecule has 3 aliphatic carbocycles. The van der Waals surface area contributed by atoms with E-state index in [1.165, 1.54) is 32.1 Å². The van der Waals surface area contributed by atoms with Crippen LogP contribution in [-0.4, -0.2) is 0 Å². The van der Waals surface area contributed by atoms with Crippen molar-refractivity contribution in [1.29, 1.82) is 0 Å². The highest BCUT2D eigenvalue weighted by Gasteiger charge is 2.48. The molecule has 13 heavy (non-hydrogen) atoms. The van der Waals surface area contributed by atoms with E-state index in [0.717, 1.165) is 23.7 Å². The minimum atomic E-state index is 0.959. The molecule has 3 rings (SSSR count). The second kappa shape index (κ2) is 2.87. The van der Waals surface area contributed by atoms with Crippen LogP contribution in [0, 0.1) is 23.7 Å². The molecule has 0 aromatic heterocycles. The van der Waals surface area contributed by atoms with E-state index in [1.807, 2.05) is 0 Å². The van der Waals surface area contributed by atoms with Gasteiger partial charge in [0, 0.05) is 0 Å². The summed E-state index contributed by atoms with van der Waals surface area (Å²) in [5.74, 6) is 4.18.